The third-order valence-electron chi connectivity index (χ3n) is 2.34. The predicted molar refractivity (Wildman–Crippen MR) is 72.6 cm³/mol. The van der Waals surface area contributed by atoms with Gasteiger partial charge in [-0.2, -0.15) is 10.3 Å². The van der Waals surface area contributed by atoms with Crippen LogP contribution >= 0.6 is 11.8 Å². The molecule has 1 rings (SSSR count). The number of hydrogen-bond acceptors (Lipinski definition) is 4. The molecule has 5 heteroatoms. The van der Waals surface area contributed by atoms with Crippen LogP contribution < -0.4 is 4.99 Å². The van der Waals surface area contributed by atoms with Gasteiger partial charge in [0, 0.05) is 11.6 Å². The summed E-state index contributed by atoms with van der Waals surface area (Å²) in [6, 6.07) is 9.64. The van der Waals surface area contributed by atoms with Gasteiger partial charge >= 0.3 is 5.95 Å². The number of aliphatic hydroxyl groups is 1. The number of nitriles is 1. The second-order valence-electron chi connectivity index (χ2n) is 3.47. The predicted octanol–water partition coefficient (Wildman–Crippen LogP) is 1.41. The zero-order chi connectivity index (χ0) is 13.5. The first-order valence-electron chi connectivity index (χ1n) is 5.25. The first-order chi connectivity index (χ1) is 8.63. The highest BCUT2D eigenvalue weighted by Crippen LogP contribution is 2.11. The number of ether oxygens (including phenoxy) is 1. The van der Waals surface area contributed by atoms with Gasteiger partial charge in [0.2, 0.25) is 11.3 Å². The molecule has 0 unspecified atom stereocenters. The lowest BCUT2D eigenvalue weighted by Gasteiger charge is -2.00. The van der Waals surface area contributed by atoms with Crippen LogP contribution in [-0.4, -0.2) is 23.5 Å². The van der Waals surface area contributed by atoms with E-state index in [1.807, 2.05) is 43.5 Å². The Balaban J connectivity index is 3.27. The summed E-state index contributed by atoms with van der Waals surface area (Å²) < 4.78 is 4.69. The highest BCUT2D eigenvalue weighted by molar-refractivity contribution is 8.13. The van der Waals surface area contributed by atoms with E-state index in [1.165, 1.54) is 18.9 Å². The molecule has 18 heavy (non-hydrogen) atoms. The number of nitrogens with zero attached hydrogens (tertiary/aromatic N) is 1. The summed E-state index contributed by atoms with van der Waals surface area (Å²) in [6.45, 7) is 1.96. The molecule has 2 N–H and O–H groups in total. The summed E-state index contributed by atoms with van der Waals surface area (Å²) >= 11 is 1.34. The molecule has 1 aromatic carbocycles. The summed E-state index contributed by atoms with van der Waals surface area (Å²) in [6.07, 6.45) is 1.82. The van der Waals surface area contributed by atoms with Crippen molar-refractivity contribution in [3.63, 3.8) is 0 Å². The zero-order valence-electron chi connectivity index (χ0n) is 10.5. The minimum atomic E-state index is -0.386. The lowest BCUT2D eigenvalue weighted by Crippen LogP contribution is -2.66. The third-order valence-corrected chi connectivity index (χ3v) is 3.06. The van der Waals surface area contributed by atoms with Gasteiger partial charge < -0.3 is 9.84 Å². The molecule has 0 radical (unpaired) electrons. The summed E-state index contributed by atoms with van der Waals surface area (Å²) in [5.74, 6) is -0.386. The van der Waals surface area contributed by atoms with Crippen LogP contribution in [0.15, 0.2) is 35.8 Å². The fraction of sp³-hybridized carbons (Fsp3) is 0.231. The number of aliphatic hydroxyl groups excluding tert-OH is 1. The molecule has 0 spiro atoms. The van der Waals surface area contributed by atoms with Crippen LogP contribution in [0.2, 0.25) is 0 Å². The van der Waals surface area contributed by atoms with Crippen molar-refractivity contribution in [1.29, 1.82) is 5.26 Å². The van der Waals surface area contributed by atoms with Crippen molar-refractivity contribution in [3.8, 4) is 6.07 Å². The molecular formula is C13H15N2O2S+. The summed E-state index contributed by atoms with van der Waals surface area (Å²) in [5.41, 5.74) is 2.03. The van der Waals surface area contributed by atoms with Crippen LogP contribution in [-0.2, 0) is 4.74 Å². The maximum absolute atomic E-state index is 9.53. The molecule has 1 aromatic rings. The number of rotatable bonds is 3. The molecule has 0 aliphatic rings. The van der Waals surface area contributed by atoms with E-state index in [2.05, 4.69) is 4.99 Å². The highest BCUT2D eigenvalue weighted by Gasteiger charge is 2.19. The van der Waals surface area contributed by atoms with Gasteiger partial charge in [-0.25, -0.2) is 0 Å². The van der Waals surface area contributed by atoms with Crippen molar-refractivity contribution >= 4 is 22.5 Å². The van der Waals surface area contributed by atoms with E-state index in [0.29, 0.717) is 5.04 Å². The van der Waals surface area contributed by atoms with Crippen LogP contribution in [0.25, 0.3) is 0 Å². The van der Waals surface area contributed by atoms with Gasteiger partial charge in [-0.3, -0.25) is 0 Å². The number of para-hydroxylation sites is 1. The molecule has 4 nitrogen and oxygen atoms in total. The smallest absolute Gasteiger partial charge is 0.302 e. The monoisotopic (exact) mass is 263 g/mol. The van der Waals surface area contributed by atoms with Crippen LogP contribution in [0.3, 0.4) is 0 Å². The van der Waals surface area contributed by atoms with Gasteiger partial charge in [-0.1, -0.05) is 30.0 Å². The minimum absolute atomic E-state index is 0.0910. The molecule has 0 saturated heterocycles. The number of methoxy groups -OCH3 is 1. The number of aryl methyl sites for hydroxylation is 1. The molecule has 0 fully saturated rings. The molecule has 0 saturated carbocycles. The Morgan fingerprint density at radius 1 is 1.44 bits per heavy atom. The maximum atomic E-state index is 9.53. The lowest BCUT2D eigenvalue weighted by atomic mass is 10.2. The van der Waals surface area contributed by atoms with Crippen molar-refractivity contribution in [2.45, 2.75) is 6.92 Å². The van der Waals surface area contributed by atoms with Gasteiger partial charge in [-0.05, 0) is 13.2 Å². The van der Waals surface area contributed by atoms with E-state index in [1.54, 1.807) is 0 Å². The summed E-state index contributed by atoms with van der Waals surface area (Å²) in [7, 11) is 1.32. The van der Waals surface area contributed by atoms with Crippen LogP contribution in [0, 0.1) is 18.3 Å². The second-order valence-corrected chi connectivity index (χ2v) is 4.29. The molecule has 0 aromatic heterocycles. The quantitative estimate of drug-likeness (QED) is 0.374. The standard InChI is InChI=1S/C13H14N2O2S/c1-9-6-4-5-7-11(9)15-12(18-3)10(8-14)13(16)17-2/h4-7,16H,1-3H3/p+1. The Bertz CT molecular complexity index is 530. The third kappa shape index (κ3) is 3.28. The number of benzene rings is 1. The van der Waals surface area contributed by atoms with Crippen molar-refractivity contribution in [2.24, 2.45) is 0 Å². The Morgan fingerprint density at radius 2 is 2.11 bits per heavy atom. The van der Waals surface area contributed by atoms with E-state index in [4.69, 9.17) is 10.00 Å². The molecule has 0 aliphatic heterocycles. The topological polar surface area (TPSA) is 67.2 Å². The maximum Gasteiger partial charge on any atom is 0.302 e. The van der Waals surface area contributed by atoms with E-state index < -0.39 is 0 Å². The molecular weight excluding hydrogens is 248 g/mol. The van der Waals surface area contributed by atoms with Crippen molar-refractivity contribution in [1.82, 2.24) is 0 Å². The first kappa shape index (κ1) is 14.1. The Labute approximate surface area is 111 Å². The normalized spacial score (nSPS) is 12.7. The molecule has 0 amide bonds. The van der Waals surface area contributed by atoms with Gasteiger partial charge in [0.15, 0.2) is 0 Å². The number of hydrogen-bond donors (Lipinski definition) is 2. The Hall–Kier alpha value is -1.93. The fourth-order valence-corrected chi connectivity index (χ4v) is 1.90. The second kappa shape index (κ2) is 6.72. The van der Waals surface area contributed by atoms with Crippen LogP contribution in [0.4, 0.5) is 5.69 Å². The van der Waals surface area contributed by atoms with Crippen molar-refractivity contribution in [3.05, 3.63) is 41.3 Å². The molecule has 0 aliphatic carbocycles. The fourth-order valence-electron chi connectivity index (χ4n) is 1.35. The van der Waals surface area contributed by atoms with E-state index in [9.17, 15) is 5.11 Å². The van der Waals surface area contributed by atoms with Gasteiger partial charge in [0.25, 0.3) is 5.04 Å². The van der Waals surface area contributed by atoms with Gasteiger partial charge in [0.05, 0.1) is 7.11 Å². The van der Waals surface area contributed by atoms with E-state index >= 15 is 0 Å². The number of nitrogens with one attached hydrogen (secondary N) is 1. The first-order valence-corrected chi connectivity index (χ1v) is 6.47. The molecule has 0 heterocycles. The van der Waals surface area contributed by atoms with E-state index in [0.717, 1.165) is 11.3 Å². The van der Waals surface area contributed by atoms with Gasteiger partial charge in [0.1, 0.15) is 6.07 Å². The molecule has 94 valence electrons. The summed E-state index contributed by atoms with van der Waals surface area (Å²) in [4.78, 5) is 3.12. The zero-order valence-corrected chi connectivity index (χ0v) is 11.3. The minimum Gasteiger partial charge on any atom is -0.480 e. The Morgan fingerprint density at radius 3 is 2.61 bits per heavy atom. The SMILES string of the molecule is COC(O)=C(C#N)C(=[NH+]c1ccccc1C)SC. The van der Waals surface area contributed by atoms with Crippen molar-refractivity contribution < 1.29 is 14.8 Å². The summed E-state index contributed by atoms with van der Waals surface area (Å²) in [5, 5.41) is 19.1. The number of thioether (sulfide) groups is 1. The van der Waals surface area contributed by atoms with Crippen LogP contribution in [0.1, 0.15) is 5.56 Å². The van der Waals surface area contributed by atoms with Crippen molar-refractivity contribution in [2.75, 3.05) is 13.4 Å². The highest BCUT2D eigenvalue weighted by atomic mass is 32.2. The lowest BCUT2D eigenvalue weighted by molar-refractivity contribution is -0.350. The van der Waals surface area contributed by atoms with E-state index in [-0.39, 0.29) is 11.5 Å². The molecule has 0 atom stereocenters. The Kier molecular flexibility index (Phi) is 5.28. The average molecular weight is 263 g/mol. The average Bonchev–Trinajstić information content (AvgIpc) is 2.40. The van der Waals surface area contributed by atoms with Gasteiger partial charge in [-0.15, -0.1) is 0 Å². The largest absolute Gasteiger partial charge is 0.480 e. The molecule has 0 bridgehead atoms. The van der Waals surface area contributed by atoms with Crippen LogP contribution in [0.5, 0.6) is 0 Å².